The van der Waals surface area contributed by atoms with Gasteiger partial charge in [-0.1, -0.05) is 133 Å². The van der Waals surface area contributed by atoms with E-state index in [4.69, 9.17) is 9.97 Å². The first-order valence-corrected chi connectivity index (χ1v) is 12.9. The summed E-state index contributed by atoms with van der Waals surface area (Å²) >= 11 is 0. The van der Waals surface area contributed by atoms with Gasteiger partial charge >= 0.3 is 0 Å². The number of hydrogen-bond donors (Lipinski definition) is 0. The summed E-state index contributed by atoms with van der Waals surface area (Å²) in [5.41, 5.74) is 10.5. The van der Waals surface area contributed by atoms with Gasteiger partial charge in [0.1, 0.15) is 0 Å². The van der Waals surface area contributed by atoms with Crippen LogP contribution < -0.4 is 0 Å². The Kier molecular flexibility index (Phi) is 5.49. The van der Waals surface area contributed by atoms with Crippen molar-refractivity contribution in [2.24, 2.45) is 0 Å². The van der Waals surface area contributed by atoms with Crippen LogP contribution in [0.4, 0.5) is 0 Å². The van der Waals surface area contributed by atoms with Gasteiger partial charge in [0.15, 0.2) is 0 Å². The van der Waals surface area contributed by atoms with Crippen molar-refractivity contribution < 1.29 is 0 Å². The predicted molar refractivity (Wildman–Crippen MR) is 159 cm³/mol. The molecular weight excluding hydrogens is 460 g/mol. The second-order valence-electron chi connectivity index (χ2n) is 9.43. The summed E-state index contributed by atoms with van der Waals surface area (Å²) in [4.78, 5) is 10.5. The van der Waals surface area contributed by atoms with Gasteiger partial charge in [-0.3, -0.25) is 0 Å². The molecule has 0 aliphatic rings. The zero-order valence-corrected chi connectivity index (χ0v) is 20.8. The highest BCUT2D eigenvalue weighted by Gasteiger charge is 2.16. The Hall–Kier alpha value is -5.08. The molecule has 2 heterocycles. The van der Waals surface area contributed by atoms with E-state index in [1.165, 1.54) is 11.1 Å². The second-order valence-corrected chi connectivity index (χ2v) is 9.43. The molecule has 178 valence electrons. The molecule has 2 nitrogen and oxygen atoms in total. The maximum Gasteiger partial charge on any atom is 0.0978 e. The Morgan fingerprint density at radius 2 is 0.632 bits per heavy atom. The topological polar surface area (TPSA) is 25.8 Å². The fourth-order valence-electron chi connectivity index (χ4n) is 5.20. The fourth-order valence-corrected chi connectivity index (χ4v) is 5.20. The number of rotatable bonds is 4. The molecule has 0 fully saturated rings. The van der Waals surface area contributed by atoms with Gasteiger partial charge in [0.05, 0.1) is 22.4 Å². The van der Waals surface area contributed by atoms with Crippen LogP contribution in [0.15, 0.2) is 146 Å². The van der Waals surface area contributed by atoms with E-state index in [0.29, 0.717) is 0 Å². The number of nitrogens with zero attached hydrogens (tertiary/aromatic N) is 2. The quantitative estimate of drug-likeness (QED) is 0.233. The highest BCUT2D eigenvalue weighted by molar-refractivity contribution is 6.13. The lowest BCUT2D eigenvalue weighted by atomic mass is 9.94. The van der Waals surface area contributed by atoms with Crippen molar-refractivity contribution in [1.29, 1.82) is 0 Å². The Labute approximate surface area is 221 Å². The van der Waals surface area contributed by atoms with Crippen molar-refractivity contribution in [3.63, 3.8) is 0 Å². The lowest BCUT2D eigenvalue weighted by Gasteiger charge is -2.15. The van der Waals surface area contributed by atoms with Crippen LogP contribution in [0.25, 0.3) is 66.6 Å². The van der Waals surface area contributed by atoms with Gasteiger partial charge in [0.25, 0.3) is 0 Å². The molecule has 0 radical (unpaired) electrons. The van der Waals surface area contributed by atoms with E-state index in [1.807, 2.05) is 12.1 Å². The molecule has 0 amide bonds. The van der Waals surface area contributed by atoms with Gasteiger partial charge in [-0.05, 0) is 34.4 Å². The molecule has 0 spiro atoms. The first-order chi connectivity index (χ1) is 18.8. The van der Waals surface area contributed by atoms with E-state index in [0.717, 1.165) is 55.4 Å². The third kappa shape index (κ3) is 3.93. The van der Waals surface area contributed by atoms with Gasteiger partial charge in [-0.25, -0.2) is 9.97 Å². The van der Waals surface area contributed by atoms with Gasteiger partial charge in [-0.2, -0.15) is 0 Å². The average molecular weight is 485 g/mol. The highest BCUT2D eigenvalue weighted by atomic mass is 14.8. The van der Waals surface area contributed by atoms with Gasteiger partial charge in [0, 0.05) is 21.9 Å². The van der Waals surface area contributed by atoms with E-state index in [2.05, 4.69) is 133 Å². The van der Waals surface area contributed by atoms with Crippen molar-refractivity contribution >= 4 is 21.8 Å². The normalized spacial score (nSPS) is 11.2. The standard InChI is InChI=1S/C36H24N2/c1-5-13-25(14-6-1)31-23-33(27-17-9-3-10-18-27)37-35-29(31)21-22-30-32(26-15-7-2-8-16-26)24-34(38-36(30)35)28-19-11-4-12-20-28/h1-24H. The summed E-state index contributed by atoms with van der Waals surface area (Å²) in [5, 5.41) is 2.19. The number of pyridine rings is 2. The first kappa shape index (κ1) is 22.1. The average Bonchev–Trinajstić information content (AvgIpc) is 3.01. The van der Waals surface area contributed by atoms with E-state index >= 15 is 0 Å². The summed E-state index contributed by atoms with van der Waals surface area (Å²) in [7, 11) is 0. The van der Waals surface area contributed by atoms with E-state index in [1.54, 1.807) is 0 Å². The molecular formula is C36H24N2. The van der Waals surface area contributed by atoms with E-state index in [9.17, 15) is 0 Å². The molecule has 5 aromatic carbocycles. The monoisotopic (exact) mass is 484 g/mol. The van der Waals surface area contributed by atoms with Crippen molar-refractivity contribution in [3.05, 3.63) is 146 Å². The first-order valence-electron chi connectivity index (χ1n) is 12.9. The van der Waals surface area contributed by atoms with Crippen LogP contribution in [0.2, 0.25) is 0 Å². The third-order valence-electron chi connectivity index (χ3n) is 7.07. The minimum atomic E-state index is 0.915. The zero-order chi connectivity index (χ0) is 25.3. The Morgan fingerprint density at radius 1 is 0.316 bits per heavy atom. The van der Waals surface area contributed by atoms with Gasteiger partial charge in [0.2, 0.25) is 0 Å². The lowest BCUT2D eigenvalue weighted by molar-refractivity contribution is 1.36. The van der Waals surface area contributed by atoms with Crippen LogP contribution in [-0.4, -0.2) is 9.97 Å². The molecule has 0 bridgehead atoms. The molecule has 0 atom stereocenters. The van der Waals surface area contributed by atoms with Gasteiger partial charge in [-0.15, -0.1) is 0 Å². The van der Waals surface area contributed by atoms with E-state index < -0.39 is 0 Å². The van der Waals surface area contributed by atoms with Crippen molar-refractivity contribution in [2.75, 3.05) is 0 Å². The van der Waals surface area contributed by atoms with Crippen LogP contribution in [0.5, 0.6) is 0 Å². The summed E-state index contributed by atoms with van der Waals surface area (Å²) in [5.74, 6) is 0. The zero-order valence-electron chi connectivity index (χ0n) is 20.8. The fraction of sp³-hybridized carbons (Fsp3) is 0. The summed E-state index contributed by atoms with van der Waals surface area (Å²) in [6.07, 6.45) is 0. The Balaban J connectivity index is 1.62. The molecule has 0 saturated carbocycles. The number of aromatic nitrogens is 2. The largest absolute Gasteiger partial charge is 0.245 e. The van der Waals surface area contributed by atoms with Crippen LogP contribution in [-0.2, 0) is 0 Å². The minimum Gasteiger partial charge on any atom is -0.245 e. The number of hydrogen-bond acceptors (Lipinski definition) is 2. The predicted octanol–water partition coefficient (Wildman–Crippen LogP) is 9.45. The van der Waals surface area contributed by atoms with Crippen LogP contribution >= 0.6 is 0 Å². The van der Waals surface area contributed by atoms with Crippen molar-refractivity contribution in [1.82, 2.24) is 9.97 Å². The number of benzene rings is 5. The van der Waals surface area contributed by atoms with Crippen LogP contribution in [0.1, 0.15) is 0 Å². The summed E-state index contributed by atoms with van der Waals surface area (Å²) in [6, 6.07) is 50.7. The van der Waals surface area contributed by atoms with Gasteiger partial charge < -0.3 is 0 Å². The molecule has 7 rings (SSSR count). The van der Waals surface area contributed by atoms with Crippen molar-refractivity contribution in [3.8, 4) is 44.8 Å². The lowest BCUT2D eigenvalue weighted by Crippen LogP contribution is -1.95. The number of fused-ring (bicyclic) bond motifs is 3. The third-order valence-corrected chi connectivity index (χ3v) is 7.07. The summed E-state index contributed by atoms with van der Waals surface area (Å²) < 4.78 is 0. The SMILES string of the molecule is c1ccc(-c2cc(-c3ccccc3)c3ccc4c(-c5ccccc5)cc(-c5ccccc5)nc4c3n2)cc1. The van der Waals surface area contributed by atoms with Crippen LogP contribution in [0.3, 0.4) is 0 Å². The maximum absolute atomic E-state index is 5.27. The van der Waals surface area contributed by atoms with Crippen LogP contribution in [0, 0.1) is 0 Å². The molecule has 2 heteroatoms. The molecule has 0 aliphatic heterocycles. The highest BCUT2D eigenvalue weighted by Crippen LogP contribution is 2.39. The Morgan fingerprint density at radius 3 is 0.974 bits per heavy atom. The molecule has 38 heavy (non-hydrogen) atoms. The summed E-state index contributed by atoms with van der Waals surface area (Å²) in [6.45, 7) is 0. The molecule has 7 aromatic rings. The van der Waals surface area contributed by atoms with E-state index in [-0.39, 0.29) is 0 Å². The molecule has 0 unspecified atom stereocenters. The molecule has 2 aromatic heterocycles. The molecule has 0 aliphatic carbocycles. The Bertz CT molecular complexity index is 1740. The van der Waals surface area contributed by atoms with Crippen molar-refractivity contribution in [2.45, 2.75) is 0 Å². The molecule has 0 N–H and O–H groups in total. The minimum absolute atomic E-state index is 0.915. The maximum atomic E-state index is 5.27. The second kappa shape index (κ2) is 9.42. The molecule has 0 saturated heterocycles. The smallest absolute Gasteiger partial charge is 0.0978 e.